The molecule has 3 aliphatic heterocycles. The van der Waals surface area contributed by atoms with Crippen LogP contribution in [-0.4, -0.2) is 83.1 Å². The summed E-state index contributed by atoms with van der Waals surface area (Å²) in [6.07, 6.45) is 6.04. The van der Waals surface area contributed by atoms with Gasteiger partial charge in [0.25, 0.3) is 0 Å². The van der Waals surface area contributed by atoms with Crippen molar-refractivity contribution in [3.05, 3.63) is 35.9 Å². The fourth-order valence-corrected chi connectivity index (χ4v) is 6.18. The van der Waals surface area contributed by atoms with Crippen LogP contribution in [0.1, 0.15) is 71.3 Å². The summed E-state index contributed by atoms with van der Waals surface area (Å²) in [5.41, 5.74) is 0.540. The highest BCUT2D eigenvalue weighted by atomic mass is 16.6. The van der Waals surface area contributed by atoms with Crippen LogP contribution >= 0.6 is 0 Å². The molecule has 8 heteroatoms. The fourth-order valence-electron chi connectivity index (χ4n) is 6.18. The van der Waals surface area contributed by atoms with Gasteiger partial charge in [-0.3, -0.25) is 4.90 Å². The highest BCUT2D eigenvalue weighted by Crippen LogP contribution is 2.34. The predicted molar refractivity (Wildman–Crippen MR) is 146 cm³/mol. The molecule has 1 aromatic carbocycles. The molecule has 3 heterocycles. The van der Waals surface area contributed by atoms with E-state index in [0.29, 0.717) is 37.5 Å². The normalized spacial score (nSPS) is 21.8. The molecule has 3 fully saturated rings. The Hall–Kier alpha value is -2.32. The second kappa shape index (κ2) is 13.2. The van der Waals surface area contributed by atoms with Gasteiger partial charge in [0, 0.05) is 39.3 Å². The summed E-state index contributed by atoms with van der Waals surface area (Å²) in [5, 5.41) is 10.9. The third-order valence-corrected chi connectivity index (χ3v) is 8.48. The van der Waals surface area contributed by atoms with Gasteiger partial charge < -0.3 is 24.4 Å². The molecule has 3 aliphatic rings. The summed E-state index contributed by atoms with van der Waals surface area (Å²) in [6.45, 7) is 10.8. The van der Waals surface area contributed by atoms with Crippen LogP contribution in [0.2, 0.25) is 0 Å². The molecule has 1 N–H and O–H groups in total. The van der Waals surface area contributed by atoms with Crippen LogP contribution in [0.15, 0.2) is 30.3 Å². The number of likely N-dealkylation sites (tertiary alicyclic amines) is 3. The van der Waals surface area contributed by atoms with Crippen LogP contribution < -0.4 is 0 Å². The standard InChI is InChI=1S/C30H47N3O5/c1-30(2,3)38-29(36)33-15-9-23(10-16-33)21-27(34)31-17-11-25(12-18-31)26-13-19-32(20-14-26)28(35)37-22-24-7-5-4-6-8-24/h4-8,23,25-27,34H,9-22H2,1-3H3. The Kier molecular flexibility index (Phi) is 9.93. The van der Waals surface area contributed by atoms with Crippen molar-refractivity contribution in [2.24, 2.45) is 17.8 Å². The lowest BCUT2D eigenvalue weighted by Gasteiger charge is -2.42. The van der Waals surface area contributed by atoms with Crippen LogP contribution in [0.25, 0.3) is 0 Å². The van der Waals surface area contributed by atoms with Crippen molar-refractivity contribution in [1.82, 2.24) is 14.7 Å². The monoisotopic (exact) mass is 529 g/mol. The number of hydrogen-bond acceptors (Lipinski definition) is 6. The number of aliphatic hydroxyl groups excluding tert-OH is 1. The second-order valence-electron chi connectivity index (χ2n) is 12.4. The van der Waals surface area contributed by atoms with Crippen LogP contribution in [-0.2, 0) is 16.1 Å². The lowest BCUT2D eigenvalue weighted by molar-refractivity contribution is -0.0444. The summed E-state index contributed by atoms with van der Waals surface area (Å²) in [4.78, 5) is 30.7. The SMILES string of the molecule is CC(C)(C)OC(=O)N1CCC(CC(O)N2CCC(C3CCN(C(=O)OCc4ccccc4)CC3)CC2)CC1. The van der Waals surface area contributed by atoms with E-state index in [4.69, 9.17) is 9.47 Å². The Balaban J connectivity index is 1.11. The number of aliphatic hydroxyl groups is 1. The van der Waals surface area contributed by atoms with Crippen LogP contribution in [0.3, 0.4) is 0 Å². The second-order valence-corrected chi connectivity index (χ2v) is 12.4. The first-order valence-corrected chi connectivity index (χ1v) is 14.5. The van der Waals surface area contributed by atoms with Gasteiger partial charge in [0.1, 0.15) is 18.4 Å². The number of rotatable bonds is 6. The molecule has 38 heavy (non-hydrogen) atoms. The van der Waals surface area contributed by atoms with Crippen molar-refractivity contribution >= 4 is 12.2 Å². The highest BCUT2D eigenvalue weighted by molar-refractivity contribution is 5.68. The van der Waals surface area contributed by atoms with Gasteiger partial charge in [-0.15, -0.1) is 0 Å². The Bertz CT molecular complexity index is 881. The van der Waals surface area contributed by atoms with Crippen molar-refractivity contribution in [2.75, 3.05) is 39.3 Å². The van der Waals surface area contributed by atoms with Crippen LogP contribution in [0, 0.1) is 17.8 Å². The Morgan fingerprint density at radius 3 is 1.95 bits per heavy atom. The predicted octanol–water partition coefficient (Wildman–Crippen LogP) is 5.10. The van der Waals surface area contributed by atoms with Gasteiger partial charge in [0.2, 0.25) is 0 Å². The number of carbonyl (C=O) groups is 2. The van der Waals surface area contributed by atoms with Crippen molar-refractivity contribution in [3.8, 4) is 0 Å². The molecular weight excluding hydrogens is 482 g/mol. The molecule has 0 radical (unpaired) electrons. The molecule has 0 aliphatic carbocycles. The quantitative estimate of drug-likeness (QED) is 0.552. The minimum atomic E-state index is -0.471. The number of hydrogen-bond donors (Lipinski definition) is 1. The van der Waals surface area contributed by atoms with Crippen molar-refractivity contribution < 1.29 is 24.2 Å². The van der Waals surface area contributed by atoms with Gasteiger partial charge in [-0.05, 0) is 89.0 Å². The fraction of sp³-hybridized carbons (Fsp3) is 0.733. The molecule has 0 spiro atoms. The minimum Gasteiger partial charge on any atom is -0.445 e. The molecule has 4 rings (SSSR count). The zero-order valence-electron chi connectivity index (χ0n) is 23.5. The molecule has 0 aromatic heterocycles. The van der Waals surface area contributed by atoms with Gasteiger partial charge >= 0.3 is 12.2 Å². The average Bonchev–Trinajstić information content (AvgIpc) is 2.92. The molecule has 1 aromatic rings. The number of carbonyl (C=O) groups excluding carboxylic acids is 2. The summed E-state index contributed by atoms with van der Waals surface area (Å²) < 4.78 is 11.0. The lowest BCUT2D eigenvalue weighted by Crippen LogP contribution is -2.46. The zero-order valence-corrected chi connectivity index (χ0v) is 23.5. The van der Waals surface area contributed by atoms with E-state index in [0.717, 1.165) is 76.7 Å². The van der Waals surface area contributed by atoms with E-state index in [2.05, 4.69) is 4.90 Å². The first-order chi connectivity index (χ1) is 18.2. The van der Waals surface area contributed by atoms with E-state index < -0.39 is 11.8 Å². The number of piperidine rings is 3. The Morgan fingerprint density at radius 1 is 0.842 bits per heavy atom. The maximum Gasteiger partial charge on any atom is 0.410 e. The first kappa shape index (κ1) is 28.7. The molecular formula is C30H47N3O5. The van der Waals surface area contributed by atoms with E-state index in [1.165, 1.54) is 0 Å². The largest absolute Gasteiger partial charge is 0.445 e. The van der Waals surface area contributed by atoms with E-state index >= 15 is 0 Å². The third kappa shape index (κ3) is 8.34. The molecule has 2 amide bonds. The summed E-state index contributed by atoms with van der Waals surface area (Å²) >= 11 is 0. The van der Waals surface area contributed by atoms with Crippen molar-refractivity contribution in [2.45, 2.75) is 84.2 Å². The van der Waals surface area contributed by atoms with E-state index in [-0.39, 0.29) is 12.2 Å². The van der Waals surface area contributed by atoms with Gasteiger partial charge in [-0.25, -0.2) is 9.59 Å². The maximum absolute atomic E-state index is 12.5. The molecule has 3 saturated heterocycles. The Labute approximate surface area is 228 Å². The van der Waals surface area contributed by atoms with Crippen LogP contribution in [0.5, 0.6) is 0 Å². The zero-order chi connectivity index (χ0) is 27.1. The summed E-state index contributed by atoms with van der Waals surface area (Å²) in [5.74, 6) is 1.75. The molecule has 1 atom stereocenters. The topological polar surface area (TPSA) is 82.5 Å². The minimum absolute atomic E-state index is 0.206. The highest BCUT2D eigenvalue weighted by Gasteiger charge is 2.34. The number of benzene rings is 1. The van der Waals surface area contributed by atoms with Gasteiger partial charge in [0.05, 0.1) is 0 Å². The van der Waals surface area contributed by atoms with Crippen molar-refractivity contribution in [1.29, 1.82) is 0 Å². The smallest absolute Gasteiger partial charge is 0.410 e. The van der Waals surface area contributed by atoms with E-state index in [1.54, 1.807) is 4.90 Å². The average molecular weight is 530 g/mol. The molecule has 212 valence electrons. The molecule has 0 saturated carbocycles. The summed E-state index contributed by atoms with van der Waals surface area (Å²) in [7, 11) is 0. The van der Waals surface area contributed by atoms with E-state index in [9.17, 15) is 14.7 Å². The lowest BCUT2D eigenvalue weighted by atomic mass is 9.78. The molecule has 8 nitrogen and oxygen atoms in total. The maximum atomic E-state index is 12.5. The van der Waals surface area contributed by atoms with Crippen LogP contribution in [0.4, 0.5) is 9.59 Å². The van der Waals surface area contributed by atoms with Gasteiger partial charge in [-0.1, -0.05) is 30.3 Å². The third-order valence-electron chi connectivity index (χ3n) is 8.48. The number of amides is 2. The van der Waals surface area contributed by atoms with Crippen molar-refractivity contribution in [3.63, 3.8) is 0 Å². The Morgan fingerprint density at radius 2 is 1.37 bits per heavy atom. The van der Waals surface area contributed by atoms with Gasteiger partial charge in [0.15, 0.2) is 0 Å². The molecule has 1 unspecified atom stereocenters. The molecule has 0 bridgehead atoms. The number of ether oxygens (including phenoxy) is 2. The van der Waals surface area contributed by atoms with Gasteiger partial charge in [-0.2, -0.15) is 0 Å². The number of nitrogens with zero attached hydrogens (tertiary/aromatic N) is 3. The summed E-state index contributed by atoms with van der Waals surface area (Å²) in [6, 6.07) is 9.81. The van der Waals surface area contributed by atoms with E-state index in [1.807, 2.05) is 56.0 Å². The first-order valence-electron chi connectivity index (χ1n) is 14.5.